The number of carbonyl (C=O) groups excluding carboxylic acids is 1. The molecule has 0 saturated carbocycles. The highest BCUT2D eigenvalue weighted by Crippen LogP contribution is 2.29. The molecule has 1 rings (SSSR count). The Labute approximate surface area is 90.9 Å². The van der Waals surface area contributed by atoms with Crippen LogP contribution in [0.1, 0.15) is 40.5 Å². The van der Waals surface area contributed by atoms with Crippen molar-refractivity contribution in [2.24, 2.45) is 0 Å². The maximum Gasteiger partial charge on any atom is 0.302 e. The molecule has 4 nitrogen and oxygen atoms in total. The van der Waals surface area contributed by atoms with Crippen LogP contribution in [0.2, 0.25) is 0 Å². The van der Waals surface area contributed by atoms with Gasteiger partial charge in [0.25, 0.3) is 0 Å². The van der Waals surface area contributed by atoms with E-state index in [1.807, 2.05) is 20.8 Å². The first-order valence-corrected chi connectivity index (χ1v) is 5.40. The van der Waals surface area contributed by atoms with E-state index in [-0.39, 0.29) is 18.2 Å². The van der Waals surface area contributed by atoms with Gasteiger partial charge in [0.2, 0.25) is 0 Å². The summed E-state index contributed by atoms with van der Waals surface area (Å²) in [6, 6.07) is 0. The standard InChI is InChI=1S/C11H20O4/c1-8-10(15-11(3,4)14-8)6-5-7-13-9(2)12/h8,10H,5-7H2,1-4H3/t8-,10+/m1/s1. The molecule has 1 heterocycles. The third-order valence-electron chi connectivity index (χ3n) is 2.37. The zero-order chi connectivity index (χ0) is 11.5. The van der Waals surface area contributed by atoms with Gasteiger partial charge in [-0.1, -0.05) is 0 Å². The molecule has 0 aliphatic carbocycles. The van der Waals surface area contributed by atoms with Crippen LogP contribution in [0, 0.1) is 0 Å². The second-order valence-corrected chi connectivity index (χ2v) is 4.36. The molecule has 0 unspecified atom stereocenters. The molecule has 88 valence electrons. The van der Waals surface area contributed by atoms with Crippen LogP contribution in [-0.4, -0.2) is 30.6 Å². The van der Waals surface area contributed by atoms with Gasteiger partial charge in [0.1, 0.15) is 0 Å². The molecular weight excluding hydrogens is 196 g/mol. The van der Waals surface area contributed by atoms with Gasteiger partial charge in [0.05, 0.1) is 18.8 Å². The normalized spacial score (nSPS) is 29.1. The Morgan fingerprint density at radius 2 is 2.07 bits per heavy atom. The largest absolute Gasteiger partial charge is 0.466 e. The van der Waals surface area contributed by atoms with E-state index in [0.717, 1.165) is 12.8 Å². The average Bonchev–Trinajstić information content (AvgIpc) is 2.33. The van der Waals surface area contributed by atoms with Crippen molar-refractivity contribution in [2.75, 3.05) is 6.61 Å². The van der Waals surface area contributed by atoms with E-state index in [1.165, 1.54) is 6.92 Å². The Kier molecular flexibility index (Phi) is 4.11. The van der Waals surface area contributed by atoms with Gasteiger partial charge in [0, 0.05) is 6.92 Å². The highest BCUT2D eigenvalue weighted by molar-refractivity contribution is 5.65. The van der Waals surface area contributed by atoms with Crippen LogP contribution in [0.5, 0.6) is 0 Å². The Hall–Kier alpha value is -0.610. The second-order valence-electron chi connectivity index (χ2n) is 4.36. The van der Waals surface area contributed by atoms with Gasteiger partial charge < -0.3 is 14.2 Å². The van der Waals surface area contributed by atoms with Crippen molar-refractivity contribution >= 4 is 5.97 Å². The van der Waals surface area contributed by atoms with E-state index in [9.17, 15) is 4.79 Å². The fourth-order valence-corrected chi connectivity index (χ4v) is 1.81. The van der Waals surface area contributed by atoms with E-state index in [0.29, 0.717) is 6.61 Å². The van der Waals surface area contributed by atoms with Gasteiger partial charge in [-0.05, 0) is 33.6 Å². The summed E-state index contributed by atoms with van der Waals surface area (Å²) in [7, 11) is 0. The third-order valence-corrected chi connectivity index (χ3v) is 2.37. The first-order valence-electron chi connectivity index (χ1n) is 5.40. The summed E-state index contributed by atoms with van der Waals surface area (Å²) in [5.41, 5.74) is 0. The van der Waals surface area contributed by atoms with Crippen LogP contribution in [0.4, 0.5) is 0 Å². The predicted molar refractivity (Wildman–Crippen MR) is 55.4 cm³/mol. The monoisotopic (exact) mass is 216 g/mol. The van der Waals surface area contributed by atoms with E-state index in [2.05, 4.69) is 0 Å². The quantitative estimate of drug-likeness (QED) is 0.531. The summed E-state index contributed by atoms with van der Waals surface area (Å²) in [6.45, 7) is 7.71. The topological polar surface area (TPSA) is 44.8 Å². The van der Waals surface area contributed by atoms with Crippen LogP contribution < -0.4 is 0 Å². The Morgan fingerprint density at radius 3 is 2.53 bits per heavy atom. The first kappa shape index (κ1) is 12.5. The SMILES string of the molecule is CC(=O)OCCC[C@@H]1OC(C)(C)O[C@@H]1C. The van der Waals surface area contributed by atoms with Crippen molar-refractivity contribution in [3.8, 4) is 0 Å². The number of rotatable bonds is 4. The van der Waals surface area contributed by atoms with Crippen molar-refractivity contribution < 1.29 is 19.0 Å². The summed E-state index contributed by atoms with van der Waals surface area (Å²) < 4.78 is 16.2. The van der Waals surface area contributed by atoms with E-state index in [4.69, 9.17) is 14.2 Å². The maximum atomic E-state index is 10.5. The smallest absolute Gasteiger partial charge is 0.302 e. The molecule has 1 aliphatic heterocycles. The second kappa shape index (κ2) is 4.94. The number of hydrogen-bond acceptors (Lipinski definition) is 4. The summed E-state index contributed by atoms with van der Waals surface area (Å²) in [5.74, 6) is -0.710. The lowest BCUT2D eigenvalue weighted by molar-refractivity contribution is -0.147. The van der Waals surface area contributed by atoms with Crippen LogP contribution in [0.25, 0.3) is 0 Å². The highest BCUT2D eigenvalue weighted by atomic mass is 16.7. The molecule has 0 N–H and O–H groups in total. The molecule has 4 heteroatoms. The molecule has 1 fully saturated rings. The Bertz CT molecular complexity index is 225. The van der Waals surface area contributed by atoms with Crippen molar-refractivity contribution in [3.05, 3.63) is 0 Å². The average molecular weight is 216 g/mol. The van der Waals surface area contributed by atoms with Crippen LogP contribution in [0.3, 0.4) is 0 Å². The molecule has 0 aromatic heterocycles. The molecule has 0 spiro atoms. The highest BCUT2D eigenvalue weighted by Gasteiger charge is 2.37. The summed E-state index contributed by atoms with van der Waals surface area (Å²) >= 11 is 0. The lowest BCUT2D eigenvalue weighted by Crippen LogP contribution is -2.21. The minimum absolute atomic E-state index is 0.107. The van der Waals surface area contributed by atoms with Gasteiger partial charge in [-0.25, -0.2) is 0 Å². The van der Waals surface area contributed by atoms with Gasteiger partial charge >= 0.3 is 5.97 Å². The van der Waals surface area contributed by atoms with Crippen molar-refractivity contribution in [1.82, 2.24) is 0 Å². The molecule has 0 aromatic rings. The number of carbonyl (C=O) groups is 1. The minimum Gasteiger partial charge on any atom is -0.466 e. The van der Waals surface area contributed by atoms with E-state index >= 15 is 0 Å². The van der Waals surface area contributed by atoms with E-state index < -0.39 is 5.79 Å². The lowest BCUT2D eigenvalue weighted by atomic mass is 10.1. The molecule has 0 aromatic carbocycles. The Morgan fingerprint density at radius 1 is 1.40 bits per heavy atom. The van der Waals surface area contributed by atoms with Crippen LogP contribution in [0.15, 0.2) is 0 Å². The summed E-state index contributed by atoms with van der Waals surface area (Å²) in [4.78, 5) is 10.5. The van der Waals surface area contributed by atoms with Crippen molar-refractivity contribution in [2.45, 2.75) is 58.5 Å². The molecule has 2 atom stereocenters. The van der Waals surface area contributed by atoms with Gasteiger partial charge in [-0.15, -0.1) is 0 Å². The predicted octanol–water partition coefficient (Wildman–Crippen LogP) is 1.87. The van der Waals surface area contributed by atoms with Gasteiger partial charge in [0.15, 0.2) is 5.79 Å². The molecule has 1 saturated heterocycles. The molecule has 1 aliphatic rings. The first-order chi connectivity index (χ1) is 6.91. The fraction of sp³-hybridized carbons (Fsp3) is 0.909. The van der Waals surface area contributed by atoms with Crippen LogP contribution >= 0.6 is 0 Å². The van der Waals surface area contributed by atoms with Gasteiger partial charge in [-0.2, -0.15) is 0 Å². The zero-order valence-electron chi connectivity index (χ0n) is 9.91. The molecule has 15 heavy (non-hydrogen) atoms. The lowest BCUT2D eigenvalue weighted by Gasteiger charge is -2.16. The van der Waals surface area contributed by atoms with Gasteiger partial charge in [-0.3, -0.25) is 4.79 Å². The third kappa shape index (κ3) is 4.18. The van der Waals surface area contributed by atoms with Crippen molar-refractivity contribution in [1.29, 1.82) is 0 Å². The van der Waals surface area contributed by atoms with Crippen molar-refractivity contribution in [3.63, 3.8) is 0 Å². The number of esters is 1. The van der Waals surface area contributed by atoms with E-state index in [1.54, 1.807) is 0 Å². The summed E-state index contributed by atoms with van der Waals surface area (Å²) in [5, 5.41) is 0. The fourth-order valence-electron chi connectivity index (χ4n) is 1.81. The number of hydrogen-bond donors (Lipinski definition) is 0. The summed E-state index contributed by atoms with van der Waals surface area (Å²) in [6.07, 6.45) is 1.89. The molecular formula is C11H20O4. The molecule has 0 bridgehead atoms. The number of ether oxygens (including phenoxy) is 3. The van der Waals surface area contributed by atoms with Crippen LogP contribution in [-0.2, 0) is 19.0 Å². The Balaban J connectivity index is 2.19. The maximum absolute atomic E-state index is 10.5. The minimum atomic E-state index is -0.481. The molecule has 0 amide bonds. The zero-order valence-corrected chi connectivity index (χ0v) is 9.91. The molecule has 0 radical (unpaired) electrons.